The van der Waals surface area contributed by atoms with Gasteiger partial charge in [0, 0.05) is 0 Å². The van der Waals surface area contributed by atoms with Gasteiger partial charge in [-0.15, -0.1) is 0 Å². The maximum atomic E-state index is 13.5. The maximum absolute atomic E-state index is 13.5. The lowest BCUT2D eigenvalue weighted by atomic mass is 10.2. The molecule has 0 saturated heterocycles. The molecule has 6 heteroatoms. The molecule has 0 atom stereocenters. The van der Waals surface area contributed by atoms with Gasteiger partial charge in [-0.3, -0.25) is 0 Å². The van der Waals surface area contributed by atoms with Gasteiger partial charge >= 0.3 is 5.97 Å². The van der Waals surface area contributed by atoms with Crippen molar-refractivity contribution in [3.05, 3.63) is 77.4 Å². The Morgan fingerprint density at radius 3 is 2.46 bits per heavy atom. The highest BCUT2D eigenvalue weighted by Crippen LogP contribution is 2.19. The number of esters is 1. The van der Waals surface area contributed by atoms with E-state index in [1.54, 1.807) is 23.7 Å². The van der Waals surface area contributed by atoms with E-state index in [9.17, 15) is 9.18 Å². The van der Waals surface area contributed by atoms with Crippen molar-refractivity contribution in [2.24, 2.45) is 0 Å². The summed E-state index contributed by atoms with van der Waals surface area (Å²) in [6.07, 6.45) is 0. The minimum absolute atomic E-state index is 0.0164. The van der Waals surface area contributed by atoms with Crippen molar-refractivity contribution in [2.45, 2.75) is 13.8 Å². The highest BCUT2D eigenvalue weighted by molar-refractivity contribution is 5.92. The van der Waals surface area contributed by atoms with Crippen LogP contribution >= 0.6 is 0 Å². The summed E-state index contributed by atoms with van der Waals surface area (Å²) in [5.41, 5.74) is 2.59. The summed E-state index contributed by atoms with van der Waals surface area (Å²) >= 11 is 0. The minimum Gasteiger partial charge on any atom is -0.487 e. The molecule has 0 radical (unpaired) electrons. The lowest BCUT2D eigenvalue weighted by Crippen LogP contribution is -2.14. The first kappa shape index (κ1) is 17.7. The molecule has 1 heterocycles. The van der Waals surface area contributed by atoms with Crippen LogP contribution in [-0.2, 0) is 4.74 Å². The molecule has 5 nitrogen and oxygen atoms in total. The van der Waals surface area contributed by atoms with Crippen LogP contribution in [0.25, 0.3) is 5.69 Å². The van der Waals surface area contributed by atoms with Gasteiger partial charge in [-0.2, -0.15) is 5.10 Å². The van der Waals surface area contributed by atoms with Crippen LogP contribution in [0.3, 0.4) is 0 Å². The molecule has 0 aliphatic carbocycles. The van der Waals surface area contributed by atoms with Crippen LogP contribution < -0.4 is 4.74 Å². The average Bonchev–Trinajstić information content (AvgIpc) is 2.95. The smallest absolute Gasteiger partial charge is 0.342 e. The number of hydrogen-bond donors (Lipinski definition) is 0. The molecule has 0 aliphatic heterocycles. The molecular formula is C20H19FN2O3. The van der Waals surface area contributed by atoms with Gasteiger partial charge < -0.3 is 9.47 Å². The second kappa shape index (κ2) is 7.82. The second-order valence-corrected chi connectivity index (χ2v) is 5.71. The number of halogens is 1. The third kappa shape index (κ3) is 3.74. The van der Waals surface area contributed by atoms with Crippen LogP contribution in [0.2, 0.25) is 0 Å². The largest absolute Gasteiger partial charge is 0.487 e. The van der Waals surface area contributed by atoms with E-state index >= 15 is 0 Å². The summed E-state index contributed by atoms with van der Waals surface area (Å²) < 4.78 is 25.7. The first-order chi connectivity index (χ1) is 12.6. The summed E-state index contributed by atoms with van der Waals surface area (Å²) in [4.78, 5) is 12.4. The third-order valence-corrected chi connectivity index (χ3v) is 3.91. The zero-order valence-electron chi connectivity index (χ0n) is 14.6. The fourth-order valence-electron chi connectivity index (χ4n) is 2.68. The molecule has 0 fully saturated rings. The van der Waals surface area contributed by atoms with E-state index in [1.165, 1.54) is 12.1 Å². The SMILES string of the molecule is Cc1nn(-c2ccccc2)c(C)c1C(=O)OCCOc1ccccc1F. The molecule has 2 aromatic carbocycles. The van der Waals surface area contributed by atoms with Crippen molar-refractivity contribution in [1.82, 2.24) is 9.78 Å². The van der Waals surface area contributed by atoms with Gasteiger partial charge in [0.2, 0.25) is 0 Å². The average molecular weight is 354 g/mol. The molecule has 1 aromatic heterocycles. The fourth-order valence-corrected chi connectivity index (χ4v) is 2.68. The van der Waals surface area contributed by atoms with Gasteiger partial charge in [0.25, 0.3) is 0 Å². The zero-order valence-corrected chi connectivity index (χ0v) is 14.6. The predicted molar refractivity (Wildman–Crippen MR) is 95.2 cm³/mol. The Balaban J connectivity index is 1.63. The van der Waals surface area contributed by atoms with Crippen molar-refractivity contribution < 1.29 is 18.7 Å². The Morgan fingerprint density at radius 1 is 1.04 bits per heavy atom. The normalized spacial score (nSPS) is 10.6. The number of hydrogen-bond acceptors (Lipinski definition) is 4. The fraction of sp³-hybridized carbons (Fsp3) is 0.200. The maximum Gasteiger partial charge on any atom is 0.342 e. The summed E-state index contributed by atoms with van der Waals surface area (Å²) in [5.74, 6) is -0.790. The minimum atomic E-state index is -0.473. The van der Waals surface area contributed by atoms with Gasteiger partial charge in [-0.1, -0.05) is 30.3 Å². The number of aromatic nitrogens is 2. The molecule has 0 spiro atoms. The van der Waals surface area contributed by atoms with Crippen LogP contribution in [0, 0.1) is 19.7 Å². The number of aryl methyl sites for hydroxylation is 1. The number of benzene rings is 2. The van der Waals surface area contributed by atoms with Crippen LogP contribution in [0.1, 0.15) is 21.7 Å². The quantitative estimate of drug-likeness (QED) is 0.498. The molecule has 26 heavy (non-hydrogen) atoms. The van der Waals surface area contributed by atoms with Crippen LogP contribution in [-0.4, -0.2) is 29.0 Å². The monoisotopic (exact) mass is 354 g/mol. The van der Waals surface area contributed by atoms with Gasteiger partial charge in [-0.05, 0) is 38.1 Å². The Bertz CT molecular complexity index is 907. The number of nitrogens with zero attached hydrogens (tertiary/aromatic N) is 2. The molecule has 0 N–H and O–H groups in total. The third-order valence-electron chi connectivity index (χ3n) is 3.91. The lowest BCUT2D eigenvalue weighted by molar-refractivity contribution is 0.0447. The predicted octanol–water partition coefficient (Wildman–Crippen LogP) is 3.86. The number of para-hydroxylation sites is 2. The highest BCUT2D eigenvalue weighted by atomic mass is 19.1. The summed E-state index contributed by atoms with van der Waals surface area (Å²) in [6, 6.07) is 15.6. The van der Waals surface area contributed by atoms with Crippen molar-refractivity contribution in [2.75, 3.05) is 13.2 Å². The number of ether oxygens (including phenoxy) is 2. The highest BCUT2D eigenvalue weighted by Gasteiger charge is 2.20. The zero-order chi connectivity index (χ0) is 18.5. The van der Waals surface area contributed by atoms with Gasteiger partial charge in [0.1, 0.15) is 18.8 Å². The Labute approximate surface area is 151 Å². The van der Waals surface area contributed by atoms with Crippen molar-refractivity contribution >= 4 is 5.97 Å². The first-order valence-electron chi connectivity index (χ1n) is 8.24. The van der Waals surface area contributed by atoms with Crippen LogP contribution in [0.5, 0.6) is 5.75 Å². The van der Waals surface area contributed by atoms with E-state index in [0.717, 1.165) is 5.69 Å². The molecular weight excluding hydrogens is 335 g/mol. The molecule has 0 unspecified atom stereocenters. The number of carbonyl (C=O) groups is 1. The number of carbonyl (C=O) groups excluding carboxylic acids is 1. The van der Waals surface area contributed by atoms with E-state index in [4.69, 9.17) is 9.47 Å². The van der Waals surface area contributed by atoms with E-state index in [2.05, 4.69) is 5.10 Å². The Kier molecular flexibility index (Phi) is 5.31. The van der Waals surface area contributed by atoms with Gasteiger partial charge in [0.15, 0.2) is 11.6 Å². The summed E-state index contributed by atoms with van der Waals surface area (Å²) in [5, 5.41) is 4.42. The van der Waals surface area contributed by atoms with E-state index in [1.807, 2.05) is 37.3 Å². The van der Waals surface area contributed by atoms with Crippen molar-refractivity contribution in [3.63, 3.8) is 0 Å². The van der Waals surface area contributed by atoms with E-state index in [-0.39, 0.29) is 19.0 Å². The first-order valence-corrected chi connectivity index (χ1v) is 8.24. The lowest BCUT2D eigenvalue weighted by Gasteiger charge is -2.08. The van der Waals surface area contributed by atoms with E-state index in [0.29, 0.717) is 17.0 Å². The van der Waals surface area contributed by atoms with Crippen LogP contribution in [0.4, 0.5) is 4.39 Å². The second-order valence-electron chi connectivity index (χ2n) is 5.71. The molecule has 0 saturated carbocycles. The molecule has 0 bridgehead atoms. The van der Waals surface area contributed by atoms with Crippen molar-refractivity contribution in [3.8, 4) is 11.4 Å². The molecule has 0 amide bonds. The molecule has 0 aliphatic rings. The van der Waals surface area contributed by atoms with Crippen LogP contribution in [0.15, 0.2) is 54.6 Å². The molecule has 134 valence electrons. The van der Waals surface area contributed by atoms with Crippen molar-refractivity contribution in [1.29, 1.82) is 0 Å². The standard InChI is InChI=1S/C20H19FN2O3/c1-14-19(15(2)23(22-14)16-8-4-3-5-9-16)20(24)26-13-12-25-18-11-7-6-10-17(18)21/h3-11H,12-13H2,1-2H3. The Hall–Kier alpha value is -3.15. The Morgan fingerprint density at radius 2 is 1.73 bits per heavy atom. The summed E-state index contributed by atoms with van der Waals surface area (Å²) in [6.45, 7) is 3.67. The molecule has 3 aromatic rings. The van der Waals surface area contributed by atoms with E-state index < -0.39 is 11.8 Å². The number of rotatable bonds is 6. The molecule has 3 rings (SSSR count). The van der Waals surface area contributed by atoms with Gasteiger partial charge in [0.05, 0.1) is 17.1 Å². The van der Waals surface area contributed by atoms with Gasteiger partial charge in [-0.25, -0.2) is 13.9 Å². The topological polar surface area (TPSA) is 53.4 Å². The summed E-state index contributed by atoms with van der Waals surface area (Å²) in [7, 11) is 0.